The van der Waals surface area contributed by atoms with Gasteiger partial charge in [0.15, 0.2) is 11.4 Å². The number of hydrogen-bond donors (Lipinski definition) is 5. The molecule has 13 heteroatoms. The third-order valence-corrected chi connectivity index (χ3v) is 9.19. The second kappa shape index (κ2) is 11.2. The highest BCUT2D eigenvalue weighted by Gasteiger charge is 2.63. The van der Waals surface area contributed by atoms with Crippen molar-refractivity contribution in [1.82, 2.24) is 9.80 Å². The van der Waals surface area contributed by atoms with Crippen LogP contribution in [-0.4, -0.2) is 94.6 Å². The summed E-state index contributed by atoms with van der Waals surface area (Å²) in [4.78, 5) is 44.7. The van der Waals surface area contributed by atoms with Crippen molar-refractivity contribution in [3.63, 3.8) is 0 Å². The van der Waals surface area contributed by atoms with Crippen LogP contribution in [0.2, 0.25) is 0 Å². The minimum atomic E-state index is -2.74. The van der Waals surface area contributed by atoms with E-state index in [0.717, 1.165) is 12.1 Å². The van der Waals surface area contributed by atoms with E-state index in [2.05, 4.69) is 0 Å². The molecule has 1 amide bonds. The van der Waals surface area contributed by atoms with Gasteiger partial charge in [-0.25, -0.2) is 8.78 Å². The molecular weight excluding hydrogens is 590 g/mol. The molecule has 0 bridgehead atoms. The highest BCUT2D eigenvalue weighted by Crippen LogP contribution is 2.53. The molecule has 11 nitrogen and oxygen atoms in total. The lowest BCUT2D eigenvalue weighted by molar-refractivity contribution is -0.148. The Kier molecular flexibility index (Phi) is 8.01. The van der Waals surface area contributed by atoms with Gasteiger partial charge in [-0.15, -0.1) is 0 Å². The summed E-state index contributed by atoms with van der Waals surface area (Å²) in [5.74, 6) is -8.72. The SMILES string of the molecule is CN(Cc1cc(N(C)C)c2c(c1O)C(=O)C1=C(O)[C@]3(O)C(=O)C(C(N)=O)=C(O)[C@@H](N(C)C)[C@@H]3C[C@@H]1C2)Cc1c(F)cccc1F. The number of anilines is 1. The largest absolute Gasteiger partial charge is 0.510 e. The monoisotopic (exact) mass is 626 g/mol. The number of carbonyl (C=O) groups is 3. The highest BCUT2D eigenvalue weighted by molar-refractivity contribution is 6.25. The molecule has 0 unspecified atom stereocenters. The average molecular weight is 627 g/mol. The molecule has 0 spiro atoms. The number of nitrogens with zero attached hydrogens (tertiary/aromatic N) is 3. The van der Waals surface area contributed by atoms with Crippen molar-refractivity contribution in [2.45, 2.75) is 37.6 Å². The maximum absolute atomic E-state index is 14.3. The Hall–Kier alpha value is -4.33. The minimum Gasteiger partial charge on any atom is -0.510 e. The Morgan fingerprint density at radius 2 is 1.67 bits per heavy atom. The van der Waals surface area contributed by atoms with Crippen LogP contribution >= 0.6 is 0 Å². The van der Waals surface area contributed by atoms with Crippen molar-refractivity contribution in [1.29, 1.82) is 0 Å². The Labute approximate surface area is 258 Å². The van der Waals surface area contributed by atoms with E-state index in [1.807, 2.05) is 0 Å². The highest BCUT2D eigenvalue weighted by atomic mass is 19.1. The van der Waals surface area contributed by atoms with E-state index < -0.39 is 75.4 Å². The smallest absolute Gasteiger partial charge is 0.255 e. The average Bonchev–Trinajstić information content (AvgIpc) is 2.93. The number of aliphatic hydroxyl groups is 3. The zero-order chi connectivity index (χ0) is 33.3. The fraction of sp³-hybridized carbons (Fsp3) is 0.406. The van der Waals surface area contributed by atoms with Crippen molar-refractivity contribution in [2.75, 3.05) is 40.1 Å². The summed E-state index contributed by atoms with van der Waals surface area (Å²) in [7, 11) is 8.22. The molecule has 0 aliphatic heterocycles. The molecule has 2 aromatic carbocycles. The van der Waals surface area contributed by atoms with Crippen molar-refractivity contribution in [3.05, 3.63) is 80.8 Å². The molecule has 240 valence electrons. The van der Waals surface area contributed by atoms with Crippen molar-refractivity contribution < 1.29 is 43.6 Å². The summed E-state index contributed by atoms with van der Waals surface area (Å²) < 4.78 is 28.6. The summed E-state index contributed by atoms with van der Waals surface area (Å²) in [6.45, 7) is -0.156. The number of rotatable bonds is 7. The fourth-order valence-corrected chi connectivity index (χ4v) is 7.17. The molecule has 0 heterocycles. The normalized spacial score (nSPS) is 24.6. The van der Waals surface area contributed by atoms with Crippen LogP contribution in [0.3, 0.4) is 0 Å². The molecule has 0 saturated heterocycles. The van der Waals surface area contributed by atoms with Gasteiger partial charge < -0.3 is 31.1 Å². The number of carbonyl (C=O) groups excluding carboxylic acids is 3. The van der Waals surface area contributed by atoms with Crippen molar-refractivity contribution in [2.24, 2.45) is 17.6 Å². The minimum absolute atomic E-state index is 0.0173. The maximum Gasteiger partial charge on any atom is 0.255 e. The van der Waals surface area contributed by atoms with Gasteiger partial charge >= 0.3 is 0 Å². The topological polar surface area (TPSA) is 168 Å². The van der Waals surface area contributed by atoms with Crippen LogP contribution in [0.25, 0.3) is 0 Å². The number of allylic oxidation sites excluding steroid dienone is 1. The Bertz CT molecular complexity index is 1680. The predicted octanol–water partition coefficient (Wildman–Crippen LogP) is 2.10. The number of aromatic hydroxyl groups is 1. The lowest BCUT2D eigenvalue weighted by Gasteiger charge is -2.50. The number of aliphatic hydroxyl groups excluding tert-OH is 2. The first-order valence-electron chi connectivity index (χ1n) is 14.3. The first-order valence-corrected chi connectivity index (χ1v) is 14.3. The predicted molar refractivity (Wildman–Crippen MR) is 160 cm³/mol. The van der Waals surface area contributed by atoms with Crippen LogP contribution in [0.15, 0.2) is 46.9 Å². The molecule has 3 aliphatic rings. The van der Waals surface area contributed by atoms with Crippen LogP contribution in [0, 0.1) is 23.5 Å². The molecule has 2 aromatic rings. The Morgan fingerprint density at radius 1 is 1.04 bits per heavy atom. The number of phenolic OH excluding ortho intramolecular Hbond substituents is 1. The second-order valence-corrected chi connectivity index (χ2v) is 12.5. The van der Waals surface area contributed by atoms with E-state index in [4.69, 9.17) is 5.73 Å². The standard InChI is InChI=1S/C32H36F2N4O7/c1-36(2)21-11-15(12-38(5)13-17-19(33)7-6-8-20(17)34)26(39)23-16(21)9-14-10-18-25(37(3)4)28(41)24(31(35)44)30(43)32(18,45)29(42)22(14)27(23)40/h6-8,11,14,18,25,39,41-42,45H,9-10,12-13H2,1-5H3,(H2,35,44)/t14-,18-,25-,32-/m0/s1. The molecule has 0 fully saturated rings. The first-order chi connectivity index (χ1) is 21.0. The lowest BCUT2D eigenvalue weighted by Crippen LogP contribution is -2.63. The molecule has 0 radical (unpaired) electrons. The molecule has 3 aliphatic carbocycles. The van der Waals surface area contributed by atoms with Crippen LogP contribution in [-0.2, 0) is 29.1 Å². The molecule has 5 rings (SSSR count). The summed E-state index contributed by atoms with van der Waals surface area (Å²) in [6.07, 6.45) is 0.101. The zero-order valence-corrected chi connectivity index (χ0v) is 25.6. The number of ketones is 2. The second-order valence-electron chi connectivity index (χ2n) is 12.5. The van der Waals surface area contributed by atoms with Gasteiger partial charge in [0.05, 0.1) is 11.6 Å². The number of phenols is 1. The quantitative estimate of drug-likeness (QED) is 0.287. The third-order valence-electron chi connectivity index (χ3n) is 9.19. The van der Waals surface area contributed by atoms with Crippen molar-refractivity contribution in [3.8, 4) is 5.75 Å². The molecule has 4 atom stereocenters. The zero-order valence-electron chi connectivity index (χ0n) is 25.6. The Balaban J connectivity index is 1.62. The van der Waals surface area contributed by atoms with Crippen molar-refractivity contribution >= 4 is 23.2 Å². The number of nitrogens with two attached hydrogens (primary N) is 1. The van der Waals surface area contributed by atoms with Crippen LogP contribution < -0.4 is 10.6 Å². The van der Waals surface area contributed by atoms with Gasteiger partial charge in [-0.1, -0.05) is 6.07 Å². The first kappa shape index (κ1) is 32.1. The van der Waals surface area contributed by atoms with E-state index >= 15 is 0 Å². The summed E-state index contributed by atoms with van der Waals surface area (Å²) in [6, 6.07) is 4.14. The van der Waals surface area contributed by atoms with E-state index in [0.29, 0.717) is 11.3 Å². The van der Waals surface area contributed by atoms with E-state index in [9.17, 15) is 43.6 Å². The lowest BCUT2D eigenvalue weighted by atomic mass is 9.58. The van der Waals surface area contributed by atoms with Gasteiger partial charge in [-0.05, 0) is 63.7 Å². The maximum atomic E-state index is 14.3. The van der Waals surface area contributed by atoms with E-state index in [1.165, 1.54) is 11.0 Å². The number of likely N-dealkylation sites (N-methyl/N-ethyl adjacent to an activating group) is 1. The van der Waals surface area contributed by atoms with Gasteiger partial charge in [-0.3, -0.25) is 24.2 Å². The molecule has 6 N–H and O–H groups in total. The Morgan fingerprint density at radius 3 is 2.22 bits per heavy atom. The number of primary amides is 1. The summed E-state index contributed by atoms with van der Waals surface area (Å²) in [5.41, 5.74) is 2.53. The molecular formula is C32H36F2N4O7. The van der Waals surface area contributed by atoms with Gasteiger partial charge in [0.1, 0.15) is 34.5 Å². The number of amides is 1. The molecule has 0 aromatic heterocycles. The van der Waals surface area contributed by atoms with Crippen LogP contribution in [0.4, 0.5) is 14.5 Å². The third kappa shape index (κ3) is 4.86. The van der Waals surface area contributed by atoms with Gasteiger partial charge in [0.25, 0.3) is 5.91 Å². The fourth-order valence-electron chi connectivity index (χ4n) is 7.17. The number of hydrogen-bond acceptors (Lipinski definition) is 10. The van der Waals surface area contributed by atoms with Gasteiger partial charge in [0.2, 0.25) is 5.78 Å². The molecule has 0 saturated carbocycles. The number of benzene rings is 2. The number of halogens is 2. The van der Waals surface area contributed by atoms with Crippen LogP contribution in [0.1, 0.15) is 33.5 Å². The number of fused-ring (bicyclic) bond motifs is 3. The van der Waals surface area contributed by atoms with Gasteiger partial charge in [0, 0.05) is 55.5 Å². The van der Waals surface area contributed by atoms with E-state index in [1.54, 1.807) is 51.1 Å². The summed E-state index contributed by atoms with van der Waals surface area (Å²) in [5, 5.41) is 45.8. The molecule has 45 heavy (non-hydrogen) atoms. The van der Waals surface area contributed by atoms with E-state index in [-0.39, 0.29) is 48.2 Å². The summed E-state index contributed by atoms with van der Waals surface area (Å²) >= 11 is 0. The van der Waals surface area contributed by atoms with Crippen LogP contribution in [0.5, 0.6) is 5.75 Å². The van der Waals surface area contributed by atoms with Gasteiger partial charge in [-0.2, -0.15) is 0 Å². The number of Topliss-reactive ketones (excluding diaryl/α,β-unsaturated/α-hetero) is 2.